The fourth-order valence-corrected chi connectivity index (χ4v) is 3.20. The van der Waals surface area contributed by atoms with Gasteiger partial charge >= 0.3 is 0 Å². The molecule has 156 valence electrons. The Hall–Kier alpha value is -2.75. The summed E-state index contributed by atoms with van der Waals surface area (Å²) >= 11 is 0. The zero-order valence-electron chi connectivity index (χ0n) is 17.6. The number of ether oxygens (including phenoxy) is 1. The van der Waals surface area contributed by atoms with E-state index < -0.39 is 0 Å². The van der Waals surface area contributed by atoms with E-state index in [1.54, 1.807) is 4.68 Å². The second-order valence-electron chi connectivity index (χ2n) is 7.49. The Labute approximate surface area is 181 Å². The molecule has 1 aromatic heterocycles. The average molecular weight is 420 g/mol. The summed E-state index contributed by atoms with van der Waals surface area (Å²) in [7, 11) is 2.84. The first kappa shape index (κ1) is 21.9. The maximum Gasteiger partial charge on any atom is 0.134 e. The summed E-state index contributed by atoms with van der Waals surface area (Å²) in [6, 6.07) is 18.4. The maximum absolute atomic E-state index is 5.94. The van der Waals surface area contributed by atoms with Gasteiger partial charge in [0.05, 0.1) is 11.9 Å². The lowest BCUT2D eigenvalue weighted by Gasteiger charge is -2.15. The zero-order valence-corrected chi connectivity index (χ0v) is 18.7. The number of hydrogen-bond donors (Lipinski definition) is 1. The Balaban J connectivity index is 1.56. The minimum absolute atomic E-state index is 0.125. The summed E-state index contributed by atoms with van der Waals surface area (Å²) in [4.78, 5) is 0. The van der Waals surface area contributed by atoms with Gasteiger partial charge in [0.2, 0.25) is 0 Å². The summed E-state index contributed by atoms with van der Waals surface area (Å²) in [6.45, 7) is 13.4. The Morgan fingerprint density at radius 3 is 2.63 bits per heavy atom. The topological polar surface area (TPSA) is 52.0 Å². The second-order valence-corrected chi connectivity index (χ2v) is 8.15. The van der Waals surface area contributed by atoms with Gasteiger partial charge in [-0.3, -0.25) is 0 Å². The first-order valence-electron chi connectivity index (χ1n) is 9.99. The van der Waals surface area contributed by atoms with Gasteiger partial charge in [0.15, 0.2) is 0 Å². The first-order chi connectivity index (χ1) is 14.4. The molecule has 0 amide bonds. The lowest BCUT2D eigenvalue weighted by Crippen LogP contribution is -2.15. The van der Waals surface area contributed by atoms with Crippen LogP contribution in [0.1, 0.15) is 36.5 Å². The molecule has 0 saturated heterocycles. The van der Waals surface area contributed by atoms with Crippen molar-refractivity contribution in [3.05, 3.63) is 96.3 Å². The highest BCUT2D eigenvalue weighted by Gasteiger charge is 2.11. The van der Waals surface area contributed by atoms with E-state index in [9.17, 15) is 0 Å². The van der Waals surface area contributed by atoms with Gasteiger partial charge in [-0.1, -0.05) is 74.7 Å². The molecule has 0 bridgehead atoms. The van der Waals surface area contributed by atoms with Crippen LogP contribution in [0.15, 0.2) is 79.5 Å². The molecule has 0 aliphatic rings. The average Bonchev–Trinajstić information content (AvgIpc) is 3.25. The summed E-state index contributed by atoms with van der Waals surface area (Å²) in [5.74, 6) is 1.22. The van der Waals surface area contributed by atoms with Crippen molar-refractivity contribution in [1.29, 1.82) is 0 Å². The van der Waals surface area contributed by atoms with Gasteiger partial charge in [0, 0.05) is 12.3 Å². The van der Waals surface area contributed by atoms with Gasteiger partial charge in [0.25, 0.3) is 0 Å². The largest absolute Gasteiger partial charge is 0.487 e. The molecule has 1 N–H and O–H groups in total. The first-order valence-corrected chi connectivity index (χ1v) is 10.7. The fraction of sp³-hybridized carbons (Fsp3) is 0.250. The van der Waals surface area contributed by atoms with Crippen molar-refractivity contribution >= 4 is 14.9 Å². The molecule has 0 aliphatic heterocycles. The molecule has 0 radical (unpaired) electrons. The van der Waals surface area contributed by atoms with Crippen LogP contribution >= 0.6 is 9.24 Å². The fourth-order valence-electron chi connectivity index (χ4n) is 2.87. The highest BCUT2D eigenvalue weighted by Crippen LogP contribution is 2.25. The number of aromatic nitrogens is 3. The lowest BCUT2D eigenvalue weighted by atomic mass is 10.0. The summed E-state index contributed by atoms with van der Waals surface area (Å²) in [6.07, 6.45) is 1.83. The zero-order chi connectivity index (χ0) is 21.5. The van der Waals surface area contributed by atoms with Crippen molar-refractivity contribution in [3.8, 4) is 5.75 Å². The predicted octanol–water partition coefficient (Wildman–Crippen LogP) is 5.20. The quantitative estimate of drug-likeness (QED) is 0.362. The molecule has 3 rings (SSSR count). The summed E-state index contributed by atoms with van der Waals surface area (Å²) < 4.78 is 7.60. The summed E-state index contributed by atoms with van der Waals surface area (Å²) in [5.41, 5.74) is 4.82. The van der Waals surface area contributed by atoms with Crippen molar-refractivity contribution in [2.24, 2.45) is 5.92 Å². The molecule has 0 fully saturated rings. The Bertz CT molecular complexity index is 997. The van der Waals surface area contributed by atoms with Gasteiger partial charge < -0.3 is 10.1 Å². The Kier molecular flexibility index (Phi) is 7.56. The Morgan fingerprint density at radius 1 is 1.13 bits per heavy atom. The molecule has 1 heterocycles. The smallest absolute Gasteiger partial charge is 0.134 e. The number of hydrogen-bond acceptors (Lipinski definition) is 4. The van der Waals surface area contributed by atoms with Crippen molar-refractivity contribution in [1.82, 2.24) is 20.3 Å². The molecule has 2 atom stereocenters. The van der Waals surface area contributed by atoms with E-state index in [1.807, 2.05) is 42.6 Å². The molecular formula is C24H29N4OP. The van der Waals surface area contributed by atoms with Crippen LogP contribution in [0.25, 0.3) is 5.70 Å². The molecule has 0 saturated carbocycles. The minimum Gasteiger partial charge on any atom is -0.487 e. The van der Waals surface area contributed by atoms with Gasteiger partial charge in [-0.15, -0.1) is 14.3 Å². The Morgan fingerprint density at radius 2 is 1.90 bits per heavy atom. The molecule has 2 aromatic carbocycles. The highest BCUT2D eigenvalue weighted by atomic mass is 31.0. The van der Waals surface area contributed by atoms with Crippen LogP contribution in [-0.2, 0) is 13.2 Å². The van der Waals surface area contributed by atoms with E-state index in [2.05, 4.69) is 70.1 Å². The van der Waals surface area contributed by atoms with Gasteiger partial charge in [0.1, 0.15) is 18.1 Å². The van der Waals surface area contributed by atoms with Gasteiger partial charge in [-0.25, -0.2) is 4.68 Å². The number of benzene rings is 2. The molecule has 30 heavy (non-hydrogen) atoms. The molecule has 3 aromatic rings. The normalized spacial score (nSPS) is 12.0. The minimum atomic E-state index is 0.125. The number of nitrogens with one attached hydrogen (secondary N) is 1. The number of rotatable bonds is 10. The standard InChI is InChI=1S/C24H29N4OP/c1-17(2)18(3)19(4)28-15-22(26-27-28)16-29-23-12-8-11-21(13-23)24(30)25-14-20-9-6-5-7-10-20/h5-13,15,17,24-25H,3-4,14,16,30H2,1-2H3. The molecule has 6 heteroatoms. The van der Waals surface area contributed by atoms with Crippen molar-refractivity contribution < 1.29 is 4.74 Å². The van der Waals surface area contributed by atoms with E-state index in [4.69, 9.17) is 4.74 Å². The van der Waals surface area contributed by atoms with Crippen LogP contribution in [0.4, 0.5) is 0 Å². The van der Waals surface area contributed by atoms with Crippen LogP contribution in [-0.4, -0.2) is 15.0 Å². The van der Waals surface area contributed by atoms with E-state index in [0.29, 0.717) is 12.5 Å². The molecule has 0 spiro atoms. The van der Waals surface area contributed by atoms with E-state index in [1.165, 1.54) is 5.56 Å². The number of nitrogens with zero attached hydrogens (tertiary/aromatic N) is 3. The molecule has 0 aliphatic carbocycles. The molecule has 2 unspecified atom stereocenters. The van der Waals surface area contributed by atoms with E-state index in [-0.39, 0.29) is 5.78 Å². The van der Waals surface area contributed by atoms with Crippen LogP contribution in [0.5, 0.6) is 5.75 Å². The molecular weight excluding hydrogens is 391 g/mol. The number of allylic oxidation sites excluding steroid dienone is 2. The van der Waals surface area contributed by atoms with Crippen LogP contribution < -0.4 is 10.1 Å². The van der Waals surface area contributed by atoms with Crippen LogP contribution in [0.2, 0.25) is 0 Å². The monoisotopic (exact) mass is 420 g/mol. The summed E-state index contributed by atoms with van der Waals surface area (Å²) in [5, 5.41) is 11.8. The molecule has 5 nitrogen and oxygen atoms in total. The predicted molar refractivity (Wildman–Crippen MR) is 126 cm³/mol. The SMILES string of the molecule is C=C(C(=C)n1cc(COc2cccc(C(P)NCc3ccccc3)c2)nn1)C(C)C. The van der Waals surface area contributed by atoms with Crippen LogP contribution in [0, 0.1) is 5.92 Å². The lowest BCUT2D eigenvalue weighted by molar-refractivity contribution is 0.300. The van der Waals surface area contributed by atoms with Crippen molar-refractivity contribution in [2.75, 3.05) is 0 Å². The maximum atomic E-state index is 5.94. The third-order valence-electron chi connectivity index (χ3n) is 4.86. The van der Waals surface area contributed by atoms with E-state index >= 15 is 0 Å². The second kappa shape index (κ2) is 10.3. The highest BCUT2D eigenvalue weighted by molar-refractivity contribution is 7.17. The van der Waals surface area contributed by atoms with Crippen LogP contribution in [0.3, 0.4) is 0 Å². The van der Waals surface area contributed by atoms with Crippen molar-refractivity contribution in [2.45, 2.75) is 32.8 Å². The van der Waals surface area contributed by atoms with Gasteiger partial charge in [-0.2, -0.15) is 0 Å². The van der Waals surface area contributed by atoms with Crippen molar-refractivity contribution in [3.63, 3.8) is 0 Å². The third-order valence-corrected chi connectivity index (χ3v) is 5.48. The van der Waals surface area contributed by atoms with E-state index in [0.717, 1.165) is 34.8 Å². The van der Waals surface area contributed by atoms with Gasteiger partial charge in [-0.05, 0) is 34.8 Å². The third kappa shape index (κ3) is 5.88.